The number of hydrogen-bond donors (Lipinski definition) is 5. The van der Waals surface area contributed by atoms with E-state index in [9.17, 15) is 25.5 Å². The van der Waals surface area contributed by atoms with Crippen LogP contribution in [0, 0.1) is 0 Å². The quantitative estimate of drug-likeness (QED) is 0.525. The van der Waals surface area contributed by atoms with Crippen LogP contribution in [0.2, 0.25) is 0 Å². The van der Waals surface area contributed by atoms with Gasteiger partial charge in [0.15, 0.2) is 23.4 Å². The fourth-order valence-electron chi connectivity index (χ4n) is 3.14. The largest absolute Gasteiger partial charge is 0.512 e. The molecule has 130 valence electrons. The van der Waals surface area contributed by atoms with Gasteiger partial charge >= 0.3 is 0 Å². The van der Waals surface area contributed by atoms with Crippen LogP contribution in [0.3, 0.4) is 0 Å². The van der Waals surface area contributed by atoms with Gasteiger partial charge in [0, 0.05) is 31.1 Å². The third-order valence-corrected chi connectivity index (χ3v) is 4.58. The molecule has 5 N–H and O–H groups in total. The lowest BCUT2D eigenvalue weighted by atomic mass is 9.86. The summed E-state index contributed by atoms with van der Waals surface area (Å²) in [7, 11) is 1.50. The van der Waals surface area contributed by atoms with Crippen LogP contribution in [-0.2, 0) is 9.47 Å². The van der Waals surface area contributed by atoms with E-state index >= 15 is 0 Å². The lowest BCUT2D eigenvalue weighted by molar-refractivity contribution is -0.0512. The van der Waals surface area contributed by atoms with Crippen LogP contribution in [0.15, 0.2) is 34.8 Å². The van der Waals surface area contributed by atoms with Gasteiger partial charge in [0.25, 0.3) is 0 Å². The molecule has 0 saturated carbocycles. The Morgan fingerprint density at radius 2 is 1.71 bits per heavy atom. The molecular weight excluding hydrogens is 316 g/mol. The second-order valence-corrected chi connectivity index (χ2v) is 6.08. The maximum Gasteiger partial charge on any atom is 0.200 e. The molecule has 24 heavy (non-hydrogen) atoms. The van der Waals surface area contributed by atoms with E-state index in [4.69, 9.17) is 9.47 Å². The standard InChI is InChI=1S/C17H20O7/c1-7-10(18)6-11(19)9-5-14(23-2)17(24-16(7)9)8-3-12(20)15(22)13(21)4-8/h3-4,10,14,17-22H,5-6H2,1-2H3/t10?,14-,17-/m1/s1. The van der Waals surface area contributed by atoms with Crippen LogP contribution < -0.4 is 0 Å². The number of rotatable bonds is 2. The third kappa shape index (κ3) is 2.55. The van der Waals surface area contributed by atoms with Crippen molar-refractivity contribution in [3.05, 3.63) is 40.4 Å². The molecule has 3 atom stereocenters. The van der Waals surface area contributed by atoms with Crippen molar-refractivity contribution in [1.29, 1.82) is 0 Å². The zero-order valence-electron chi connectivity index (χ0n) is 13.4. The maximum absolute atomic E-state index is 10.1. The Labute approximate surface area is 138 Å². The molecule has 1 aliphatic carbocycles. The van der Waals surface area contributed by atoms with Crippen LogP contribution in [0.1, 0.15) is 31.4 Å². The lowest BCUT2D eigenvalue weighted by Crippen LogP contribution is -2.33. The molecule has 0 amide bonds. The second kappa shape index (κ2) is 5.92. The summed E-state index contributed by atoms with van der Waals surface area (Å²) >= 11 is 0. The van der Waals surface area contributed by atoms with Crippen molar-refractivity contribution in [2.75, 3.05) is 7.11 Å². The molecule has 1 aromatic rings. The number of aliphatic hydroxyl groups is 2. The molecule has 0 aromatic heterocycles. The van der Waals surface area contributed by atoms with E-state index in [-0.39, 0.29) is 12.2 Å². The van der Waals surface area contributed by atoms with Crippen LogP contribution in [0.25, 0.3) is 0 Å². The van der Waals surface area contributed by atoms with E-state index in [0.29, 0.717) is 28.9 Å². The third-order valence-electron chi connectivity index (χ3n) is 4.58. The number of aromatic hydroxyl groups is 3. The number of allylic oxidation sites excluding steroid dienone is 1. The average Bonchev–Trinajstić information content (AvgIpc) is 2.56. The first kappa shape index (κ1) is 16.5. The van der Waals surface area contributed by atoms with Crippen molar-refractivity contribution in [3.63, 3.8) is 0 Å². The van der Waals surface area contributed by atoms with Crippen molar-refractivity contribution in [2.45, 2.75) is 38.1 Å². The molecule has 2 aliphatic rings. The monoisotopic (exact) mass is 336 g/mol. The minimum absolute atomic E-state index is 0.0694. The molecule has 7 nitrogen and oxygen atoms in total. The predicted octanol–water partition coefficient (Wildman–Crippen LogP) is 2.13. The zero-order chi connectivity index (χ0) is 17.6. The summed E-state index contributed by atoms with van der Waals surface area (Å²) in [6, 6.07) is 2.57. The van der Waals surface area contributed by atoms with Gasteiger partial charge < -0.3 is 35.0 Å². The van der Waals surface area contributed by atoms with Gasteiger partial charge in [-0.2, -0.15) is 0 Å². The molecule has 0 bridgehead atoms. The summed E-state index contributed by atoms with van der Waals surface area (Å²) in [6.07, 6.45) is -1.49. The maximum atomic E-state index is 10.1. The highest BCUT2D eigenvalue weighted by Crippen LogP contribution is 2.46. The lowest BCUT2D eigenvalue weighted by Gasteiger charge is -2.38. The van der Waals surface area contributed by atoms with Gasteiger partial charge in [0.05, 0.1) is 6.10 Å². The molecule has 1 saturated heterocycles. The van der Waals surface area contributed by atoms with Crippen molar-refractivity contribution in [3.8, 4) is 17.2 Å². The number of fused-ring (bicyclic) bond motifs is 1. The molecule has 1 unspecified atom stereocenters. The number of hydrogen-bond acceptors (Lipinski definition) is 7. The van der Waals surface area contributed by atoms with Crippen molar-refractivity contribution < 1.29 is 35.0 Å². The summed E-state index contributed by atoms with van der Waals surface area (Å²) in [5, 5.41) is 49.1. The van der Waals surface area contributed by atoms with Gasteiger partial charge in [-0.25, -0.2) is 0 Å². The molecule has 1 heterocycles. The molecule has 1 fully saturated rings. The summed E-state index contributed by atoms with van der Waals surface area (Å²) in [5.41, 5.74) is 1.61. The van der Waals surface area contributed by atoms with E-state index in [0.717, 1.165) is 0 Å². The average molecular weight is 336 g/mol. The Morgan fingerprint density at radius 3 is 2.29 bits per heavy atom. The summed E-state index contributed by atoms with van der Waals surface area (Å²) in [5.74, 6) is -1.08. The Balaban J connectivity index is 2.05. The van der Waals surface area contributed by atoms with Crippen molar-refractivity contribution in [2.24, 2.45) is 0 Å². The molecule has 7 heteroatoms. The Morgan fingerprint density at radius 1 is 1.08 bits per heavy atom. The van der Waals surface area contributed by atoms with E-state index < -0.39 is 35.6 Å². The van der Waals surface area contributed by atoms with Crippen molar-refractivity contribution in [1.82, 2.24) is 0 Å². The van der Waals surface area contributed by atoms with Crippen LogP contribution >= 0.6 is 0 Å². The molecule has 0 radical (unpaired) electrons. The first-order valence-electron chi connectivity index (χ1n) is 7.58. The SMILES string of the molecule is CO[C@@H]1CC2=C(O)CC(O)C(C)=C2O[C@@H]1c1cc(O)c(O)c(O)c1. The highest BCUT2D eigenvalue weighted by atomic mass is 16.5. The Kier molecular flexibility index (Phi) is 4.06. The minimum Gasteiger partial charge on any atom is -0.512 e. The van der Waals surface area contributed by atoms with E-state index in [2.05, 4.69) is 0 Å². The van der Waals surface area contributed by atoms with Gasteiger partial charge in [-0.05, 0) is 24.6 Å². The summed E-state index contributed by atoms with van der Waals surface area (Å²) in [4.78, 5) is 0. The fourth-order valence-corrected chi connectivity index (χ4v) is 3.14. The van der Waals surface area contributed by atoms with Gasteiger partial charge in [0.2, 0.25) is 0 Å². The molecule has 0 spiro atoms. The van der Waals surface area contributed by atoms with Gasteiger partial charge in [-0.3, -0.25) is 0 Å². The topological polar surface area (TPSA) is 120 Å². The second-order valence-electron chi connectivity index (χ2n) is 6.08. The molecule has 3 rings (SSSR count). The highest BCUT2D eigenvalue weighted by Gasteiger charge is 2.39. The fraction of sp³-hybridized carbons (Fsp3) is 0.412. The number of benzene rings is 1. The predicted molar refractivity (Wildman–Crippen MR) is 83.7 cm³/mol. The van der Waals surface area contributed by atoms with Crippen LogP contribution in [-0.4, -0.2) is 44.9 Å². The number of phenols is 3. The number of methoxy groups -OCH3 is 1. The minimum atomic E-state index is -0.829. The van der Waals surface area contributed by atoms with Crippen LogP contribution in [0.5, 0.6) is 17.2 Å². The molecule has 1 aliphatic heterocycles. The summed E-state index contributed by atoms with van der Waals surface area (Å²) in [6.45, 7) is 1.72. The number of phenolic OH excluding ortho intramolecular Hbond substituents is 3. The zero-order valence-corrected chi connectivity index (χ0v) is 13.4. The summed E-state index contributed by atoms with van der Waals surface area (Å²) < 4.78 is 11.4. The van der Waals surface area contributed by atoms with E-state index in [1.807, 2.05) is 0 Å². The highest BCUT2D eigenvalue weighted by molar-refractivity contribution is 5.52. The molecular formula is C17H20O7. The van der Waals surface area contributed by atoms with E-state index in [1.54, 1.807) is 6.92 Å². The van der Waals surface area contributed by atoms with E-state index in [1.165, 1.54) is 19.2 Å². The first-order valence-corrected chi connectivity index (χ1v) is 7.58. The van der Waals surface area contributed by atoms with Crippen LogP contribution in [0.4, 0.5) is 0 Å². The Hall–Kier alpha value is -2.38. The van der Waals surface area contributed by atoms with Gasteiger partial charge in [-0.15, -0.1) is 0 Å². The number of ether oxygens (including phenoxy) is 2. The normalized spacial score (nSPS) is 27.0. The van der Waals surface area contributed by atoms with Crippen molar-refractivity contribution >= 4 is 0 Å². The van der Waals surface area contributed by atoms with Gasteiger partial charge in [-0.1, -0.05) is 0 Å². The Bertz CT molecular complexity index is 711. The molecule has 1 aromatic carbocycles. The number of aliphatic hydroxyl groups excluding tert-OH is 2. The van der Waals surface area contributed by atoms with Gasteiger partial charge in [0.1, 0.15) is 17.6 Å². The smallest absolute Gasteiger partial charge is 0.200 e. The first-order chi connectivity index (χ1) is 11.3.